The topological polar surface area (TPSA) is 22.1 Å². The molecule has 1 heterocycles. The maximum absolute atomic E-state index is 5.19. The molecule has 0 spiro atoms. The Labute approximate surface area is 91.0 Å². The minimum absolute atomic E-state index is 0.844. The zero-order chi connectivity index (χ0) is 10.1. The summed E-state index contributed by atoms with van der Waals surface area (Å²) in [6.45, 7) is 2.03. The number of pyridine rings is 1. The van der Waals surface area contributed by atoms with E-state index in [9.17, 15) is 0 Å². The zero-order valence-corrected chi connectivity index (χ0v) is 9.63. The van der Waals surface area contributed by atoms with Crippen molar-refractivity contribution in [2.24, 2.45) is 0 Å². The Morgan fingerprint density at radius 3 is 2.79 bits per heavy atom. The number of hydrogen-bond donors (Lipinski definition) is 0. The van der Waals surface area contributed by atoms with Gasteiger partial charge in [-0.05, 0) is 46.6 Å². The van der Waals surface area contributed by atoms with Crippen molar-refractivity contribution in [1.29, 1.82) is 0 Å². The summed E-state index contributed by atoms with van der Waals surface area (Å²) >= 11 is 3.47. The Kier molecular flexibility index (Phi) is 2.42. The Balaban J connectivity index is 2.77. The van der Waals surface area contributed by atoms with Gasteiger partial charge in [-0.25, -0.2) is 0 Å². The van der Waals surface area contributed by atoms with Crippen LogP contribution in [0.2, 0.25) is 0 Å². The molecule has 0 amide bonds. The van der Waals surface area contributed by atoms with Crippen molar-refractivity contribution in [3.05, 3.63) is 34.4 Å². The van der Waals surface area contributed by atoms with E-state index in [0.29, 0.717) is 0 Å². The molecule has 0 radical (unpaired) electrons. The van der Waals surface area contributed by atoms with E-state index in [1.54, 1.807) is 7.11 Å². The number of aromatic nitrogens is 1. The normalized spacial score (nSPS) is 10.5. The molecule has 0 unspecified atom stereocenters. The van der Waals surface area contributed by atoms with E-state index in [0.717, 1.165) is 26.7 Å². The van der Waals surface area contributed by atoms with E-state index >= 15 is 0 Å². The summed E-state index contributed by atoms with van der Waals surface area (Å²) in [5, 5.41) is 1.09. The second-order valence-corrected chi connectivity index (χ2v) is 4.05. The highest BCUT2D eigenvalue weighted by Gasteiger charge is 2.03. The predicted octanol–water partition coefficient (Wildman–Crippen LogP) is 3.31. The van der Waals surface area contributed by atoms with Crippen molar-refractivity contribution in [2.75, 3.05) is 7.11 Å². The lowest BCUT2D eigenvalue weighted by molar-refractivity contribution is 0.415. The van der Waals surface area contributed by atoms with Gasteiger partial charge in [0, 0.05) is 16.1 Å². The van der Waals surface area contributed by atoms with Crippen molar-refractivity contribution >= 4 is 26.8 Å². The van der Waals surface area contributed by atoms with Gasteiger partial charge in [-0.1, -0.05) is 0 Å². The van der Waals surface area contributed by atoms with Gasteiger partial charge in [-0.3, -0.25) is 4.98 Å². The van der Waals surface area contributed by atoms with Crippen LogP contribution < -0.4 is 4.74 Å². The molecule has 14 heavy (non-hydrogen) atoms. The number of aryl methyl sites for hydroxylation is 1. The smallest absolute Gasteiger partial charge is 0.120 e. The first-order valence-corrected chi connectivity index (χ1v) is 5.10. The molecule has 0 aliphatic heterocycles. The SMILES string of the molecule is COc1cc(Br)c2ncc(C)cc2c1. The number of ether oxygens (including phenoxy) is 1. The van der Waals surface area contributed by atoms with Crippen LogP contribution >= 0.6 is 15.9 Å². The summed E-state index contributed by atoms with van der Waals surface area (Å²) in [5.74, 6) is 0.844. The summed E-state index contributed by atoms with van der Waals surface area (Å²) in [5.41, 5.74) is 2.12. The third kappa shape index (κ3) is 1.60. The lowest BCUT2D eigenvalue weighted by Crippen LogP contribution is -1.86. The minimum atomic E-state index is 0.844. The molecule has 0 N–H and O–H groups in total. The van der Waals surface area contributed by atoms with Gasteiger partial charge in [0.05, 0.1) is 12.6 Å². The molecule has 72 valence electrons. The molecule has 0 aliphatic carbocycles. The first-order chi connectivity index (χ1) is 6.70. The van der Waals surface area contributed by atoms with Crippen LogP contribution in [0.1, 0.15) is 5.56 Å². The number of halogens is 1. The van der Waals surface area contributed by atoms with Crippen LogP contribution in [0.25, 0.3) is 10.9 Å². The fourth-order valence-electron chi connectivity index (χ4n) is 1.41. The molecule has 2 rings (SSSR count). The van der Waals surface area contributed by atoms with Gasteiger partial charge < -0.3 is 4.74 Å². The summed E-state index contributed by atoms with van der Waals surface area (Å²) in [6, 6.07) is 6.00. The second kappa shape index (κ2) is 3.58. The van der Waals surface area contributed by atoms with Gasteiger partial charge >= 0.3 is 0 Å². The number of methoxy groups -OCH3 is 1. The van der Waals surface area contributed by atoms with Gasteiger partial charge in [-0.15, -0.1) is 0 Å². The zero-order valence-electron chi connectivity index (χ0n) is 8.04. The van der Waals surface area contributed by atoms with E-state index in [1.165, 1.54) is 0 Å². The second-order valence-electron chi connectivity index (χ2n) is 3.19. The van der Waals surface area contributed by atoms with E-state index in [4.69, 9.17) is 4.74 Å². The highest BCUT2D eigenvalue weighted by molar-refractivity contribution is 9.10. The molecule has 0 saturated carbocycles. The molecular weight excluding hydrogens is 242 g/mol. The van der Waals surface area contributed by atoms with Crippen LogP contribution in [0, 0.1) is 6.92 Å². The summed E-state index contributed by atoms with van der Waals surface area (Å²) in [6.07, 6.45) is 1.86. The standard InChI is InChI=1S/C11H10BrNO/c1-7-3-8-4-9(14-2)5-10(12)11(8)13-6-7/h3-6H,1-2H3. The van der Waals surface area contributed by atoms with Crippen LogP contribution in [0.5, 0.6) is 5.75 Å². The molecule has 0 bridgehead atoms. The fraction of sp³-hybridized carbons (Fsp3) is 0.182. The number of hydrogen-bond acceptors (Lipinski definition) is 2. The molecule has 0 saturated heterocycles. The van der Waals surface area contributed by atoms with Crippen LogP contribution in [-0.2, 0) is 0 Å². The Morgan fingerprint density at radius 1 is 1.29 bits per heavy atom. The van der Waals surface area contributed by atoms with Crippen LogP contribution in [0.3, 0.4) is 0 Å². The molecule has 2 aromatic rings. The van der Waals surface area contributed by atoms with Gasteiger partial charge in [-0.2, -0.15) is 0 Å². The maximum atomic E-state index is 5.19. The summed E-state index contributed by atoms with van der Waals surface area (Å²) in [4.78, 5) is 4.35. The highest BCUT2D eigenvalue weighted by atomic mass is 79.9. The minimum Gasteiger partial charge on any atom is -0.497 e. The Hall–Kier alpha value is -1.09. The number of benzene rings is 1. The molecular formula is C11H10BrNO. The summed E-state index contributed by atoms with van der Waals surface area (Å²) < 4.78 is 6.15. The van der Waals surface area contributed by atoms with E-state index in [-0.39, 0.29) is 0 Å². The average Bonchev–Trinajstić information content (AvgIpc) is 2.16. The molecule has 0 aliphatic rings. The molecule has 1 aromatic carbocycles. The van der Waals surface area contributed by atoms with Crippen LogP contribution in [-0.4, -0.2) is 12.1 Å². The Morgan fingerprint density at radius 2 is 2.07 bits per heavy atom. The Bertz CT molecular complexity index is 482. The average molecular weight is 252 g/mol. The van der Waals surface area contributed by atoms with Crippen molar-refractivity contribution < 1.29 is 4.74 Å². The molecule has 3 heteroatoms. The van der Waals surface area contributed by atoms with E-state index in [1.807, 2.05) is 25.3 Å². The van der Waals surface area contributed by atoms with Crippen molar-refractivity contribution in [3.8, 4) is 5.75 Å². The van der Waals surface area contributed by atoms with Crippen LogP contribution in [0.4, 0.5) is 0 Å². The van der Waals surface area contributed by atoms with Crippen LogP contribution in [0.15, 0.2) is 28.9 Å². The third-order valence-electron chi connectivity index (χ3n) is 2.08. The van der Waals surface area contributed by atoms with Gasteiger partial charge in [0.25, 0.3) is 0 Å². The van der Waals surface area contributed by atoms with E-state index in [2.05, 4.69) is 27.0 Å². The van der Waals surface area contributed by atoms with Crippen molar-refractivity contribution in [2.45, 2.75) is 6.92 Å². The fourth-order valence-corrected chi connectivity index (χ4v) is 1.96. The van der Waals surface area contributed by atoms with Gasteiger partial charge in [0.15, 0.2) is 0 Å². The lowest BCUT2D eigenvalue weighted by Gasteiger charge is -2.04. The summed E-state index contributed by atoms with van der Waals surface area (Å²) in [7, 11) is 1.66. The van der Waals surface area contributed by atoms with Gasteiger partial charge in [0.2, 0.25) is 0 Å². The molecule has 0 fully saturated rings. The van der Waals surface area contributed by atoms with Crippen molar-refractivity contribution in [3.63, 3.8) is 0 Å². The number of fused-ring (bicyclic) bond motifs is 1. The quantitative estimate of drug-likeness (QED) is 0.776. The first-order valence-electron chi connectivity index (χ1n) is 4.30. The van der Waals surface area contributed by atoms with Crippen molar-refractivity contribution in [1.82, 2.24) is 4.98 Å². The number of nitrogens with zero attached hydrogens (tertiary/aromatic N) is 1. The molecule has 2 nitrogen and oxygen atoms in total. The monoisotopic (exact) mass is 251 g/mol. The first kappa shape index (κ1) is 9.46. The number of rotatable bonds is 1. The maximum Gasteiger partial charge on any atom is 0.120 e. The molecule has 1 aromatic heterocycles. The van der Waals surface area contributed by atoms with Gasteiger partial charge in [0.1, 0.15) is 5.75 Å². The third-order valence-corrected chi connectivity index (χ3v) is 2.69. The lowest BCUT2D eigenvalue weighted by atomic mass is 10.2. The largest absolute Gasteiger partial charge is 0.497 e. The van der Waals surface area contributed by atoms with E-state index < -0.39 is 0 Å². The molecule has 0 atom stereocenters. The predicted molar refractivity (Wildman–Crippen MR) is 60.7 cm³/mol. The highest BCUT2D eigenvalue weighted by Crippen LogP contribution is 2.28.